The lowest BCUT2D eigenvalue weighted by molar-refractivity contribution is 0.621. The van der Waals surface area contributed by atoms with Crippen molar-refractivity contribution in [3.63, 3.8) is 0 Å². The highest BCUT2D eigenvalue weighted by Gasteiger charge is 2.12. The minimum Gasteiger partial charge on any atom is -0.324 e. The average Bonchev–Trinajstić information content (AvgIpc) is 2.26. The molecule has 0 saturated heterocycles. The van der Waals surface area contributed by atoms with Crippen molar-refractivity contribution in [1.82, 2.24) is 0 Å². The number of hydrogen-bond donors (Lipinski definition) is 1. The van der Waals surface area contributed by atoms with E-state index in [0.717, 1.165) is 15.6 Å². The monoisotopic (exact) mass is 405 g/mol. The molecule has 19 heavy (non-hydrogen) atoms. The second kappa shape index (κ2) is 6.35. The first-order valence-corrected chi connectivity index (χ1v) is 7.57. The predicted molar refractivity (Wildman–Crippen MR) is 83.9 cm³/mol. The van der Waals surface area contributed by atoms with Crippen LogP contribution in [0.25, 0.3) is 0 Å². The summed E-state index contributed by atoms with van der Waals surface area (Å²) in [5, 5.41) is 0.609. The quantitative estimate of drug-likeness (QED) is 0.739. The summed E-state index contributed by atoms with van der Waals surface area (Å²) < 4.78 is 14.9. The van der Waals surface area contributed by atoms with Crippen molar-refractivity contribution in [1.29, 1.82) is 0 Å². The summed E-state index contributed by atoms with van der Waals surface area (Å²) in [5.41, 5.74) is 7.82. The standard InChI is InChI=1S/C14H11Br2ClFN/c15-9-1-2-12(13(17)7-9)14(19)5-8-3-10(16)6-11(18)4-8/h1-4,6-7,14H,5,19H2. The molecule has 0 fully saturated rings. The van der Waals surface area contributed by atoms with Gasteiger partial charge < -0.3 is 5.73 Å². The maximum Gasteiger partial charge on any atom is 0.124 e. The molecule has 2 aromatic carbocycles. The third-order valence-electron chi connectivity index (χ3n) is 2.74. The molecule has 2 rings (SSSR count). The molecule has 0 amide bonds. The SMILES string of the molecule is NC(Cc1cc(F)cc(Br)c1)c1ccc(Br)cc1Cl. The summed E-state index contributed by atoms with van der Waals surface area (Å²) in [6.07, 6.45) is 0.526. The number of rotatable bonds is 3. The molecule has 0 spiro atoms. The van der Waals surface area contributed by atoms with Gasteiger partial charge in [-0.3, -0.25) is 0 Å². The molecule has 2 aromatic rings. The van der Waals surface area contributed by atoms with Crippen molar-refractivity contribution in [2.75, 3.05) is 0 Å². The number of nitrogens with two attached hydrogens (primary N) is 1. The van der Waals surface area contributed by atoms with E-state index in [0.29, 0.717) is 15.9 Å². The molecule has 0 saturated carbocycles. The third-order valence-corrected chi connectivity index (χ3v) is 4.02. The Morgan fingerprint density at radius 2 is 1.84 bits per heavy atom. The van der Waals surface area contributed by atoms with E-state index in [2.05, 4.69) is 31.9 Å². The van der Waals surface area contributed by atoms with Crippen LogP contribution < -0.4 is 5.73 Å². The van der Waals surface area contributed by atoms with Crippen LogP contribution in [-0.2, 0) is 6.42 Å². The fourth-order valence-corrected chi connectivity index (χ4v) is 3.22. The summed E-state index contributed by atoms with van der Waals surface area (Å²) in [6, 6.07) is 10.1. The van der Waals surface area contributed by atoms with Crippen LogP contribution in [0.2, 0.25) is 5.02 Å². The molecule has 2 N–H and O–H groups in total. The van der Waals surface area contributed by atoms with Gasteiger partial charge in [-0.2, -0.15) is 0 Å². The van der Waals surface area contributed by atoms with E-state index in [1.807, 2.05) is 18.2 Å². The first kappa shape index (κ1) is 15.0. The topological polar surface area (TPSA) is 26.0 Å². The molecule has 1 atom stereocenters. The fourth-order valence-electron chi connectivity index (χ4n) is 1.89. The van der Waals surface area contributed by atoms with Crippen LogP contribution in [-0.4, -0.2) is 0 Å². The molecule has 0 radical (unpaired) electrons. The van der Waals surface area contributed by atoms with Gasteiger partial charge in [0.25, 0.3) is 0 Å². The molecule has 0 aliphatic rings. The Labute approximate surface area is 133 Å². The summed E-state index contributed by atoms with van der Waals surface area (Å²) in [5.74, 6) is -0.279. The van der Waals surface area contributed by atoms with Crippen LogP contribution in [0.1, 0.15) is 17.2 Å². The zero-order chi connectivity index (χ0) is 14.0. The molecular weight excluding hydrogens is 396 g/mol. The second-order valence-corrected chi connectivity index (χ2v) is 6.49. The summed E-state index contributed by atoms with van der Waals surface area (Å²) >= 11 is 12.8. The molecule has 1 unspecified atom stereocenters. The van der Waals surface area contributed by atoms with Crippen molar-refractivity contribution in [2.45, 2.75) is 12.5 Å². The van der Waals surface area contributed by atoms with Crippen molar-refractivity contribution >= 4 is 43.5 Å². The van der Waals surface area contributed by atoms with Crippen LogP contribution in [0, 0.1) is 5.82 Å². The fraction of sp³-hybridized carbons (Fsp3) is 0.143. The average molecular weight is 408 g/mol. The third kappa shape index (κ3) is 4.02. The van der Waals surface area contributed by atoms with Gasteiger partial charge in [0.15, 0.2) is 0 Å². The smallest absolute Gasteiger partial charge is 0.124 e. The Kier molecular flexibility index (Phi) is 5.01. The Balaban J connectivity index is 2.22. The van der Waals surface area contributed by atoms with Gasteiger partial charge in [-0.15, -0.1) is 0 Å². The van der Waals surface area contributed by atoms with E-state index >= 15 is 0 Å². The lowest BCUT2D eigenvalue weighted by atomic mass is 10.00. The number of benzene rings is 2. The van der Waals surface area contributed by atoms with Crippen molar-refractivity contribution in [3.8, 4) is 0 Å². The van der Waals surface area contributed by atoms with Gasteiger partial charge in [-0.1, -0.05) is 49.5 Å². The molecule has 0 heterocycles. The minimum absolute atomic E-state index is 0.269. The molecular formula is C14H11Br2ClFN. The maximum atomic E-state index is 13.3. The molecule has 100 valence electrons. The minimum atomic E-state index is -0.279. The van der Waals surface area contributed by atoms with E-state index in [9.17, 15) is 4.39 Å². The summed E-state index contributed by atoms with van der Waals surface area (Å²) in [6.45, 7) is 0. The molecule has 5 heteroatoms. The second-order valence-electron chi connectivity index (χ2n) is 4.25. The first-order chi connectivity index (χ1) is 8.95. The molecule has 0 bridgehead atoms. The zero-order valence-corrected chi connectivity index (χ0v) is 13.8. The van der Waals surface area contributed by atoms with Crippen LogP contribution in [0.5, 0.6) is 0 Å². The highest BCUT2D eigenvalue weighted by molar-refractivity contribution is 9.10. The van der Waals surface area contributed by atoms with Crippen LogP contribution in [0.4, 0.5) is 4.39 Å². The van der Waals surface area contributed by atoms with Gasteiger partial charge in [0.05, 0.1) is 0 Å². The van der Waals surface area contributed by atoms with E-state index in [1.165, 1.54) is 12.1 Å². The Morgan fingerprint density at radius 3 is 2.47 bits per heavy atom. The van der Waals surface area contributed by atoms with Gasteiger partial charge in [-0.05, 0) is 47.9 Å². The molecule has 0 aromatic heterocycles. The van der Waals surface area contributed by atoms with Gasteiger partial charge in [0.1, 0.15) is 5.82 Å². The largest absolute Gasteiger partial charge is 0.324 e. The number of hydrogen-bond acceptors (Lipinski definition) is 1. The highest BCUT2D eigenvalue weighted by Crippen LogP contribution is 2.28. The predicted octanol–water partition coefficient (Wildman–Crippen LogP) is 5.25. The van der Waals surface area contributed by atoms with E-state index in [1.54, 1.807) is 6.07 Å². The molecule has 1 nitrogen and oxygen atoms in total. The van der Waals surface area contributed by atoms with Gasteiger partial charge >= 0.3 is 0 Å². The Morgan fingerprint density at radius 1 is 1.11 bits per heavy atom. The van der Waals surface area contributed by atoms with Gasteiger partial charge in [0, 0.05) is 20.0 Å². The van der Waals surface area contributed by atoms with Crippen molar-refractivity contribution < 1.29 is 4.39 Å². The first-order valence-electron chi connectivity index (χ1n) is 5.61. The molecule has 0 aliphatic heterocycles. The Bertz CT molecular complexity index is 584. The van der Waals surface area contributed by atoms with Crippen LogP contribution >= 0.6 is 43.5 Å². The van der Waals surface area contributed by atoms with Crippen molar-refractivity contribution in [2.24, 2.45) is 5.73 Å². The van der Waals surface area contributed by atoms with Crippen LogP contribution in [0.3, 0.4) is 0 Å². The lowest BCUT2D eigenvalue weighted by Gasteiger charge is -2.14. The Hall–Kier alpha value is -0.420. The summed E-state index contributed by atoms with van der Waals surface area (Å²) in [4.78, 5) is 0. The van der Waals surface area contributed by atoms with Crippen molar-refractivity contribution in [3.05, 3.63) is 67.3 Å². The lowest BCUT2D eigenvalue weighted by Crippen LogP contribution is -2.14. The molecule has 0 aliphatic carbocycles. The zero-order valence-electron chi connectivity index (χ0n) is 9.84. The van der Waals surface area contributed by atoms with E-state index in [-0.39, 0.29) is 11.9 Å². The van der Waals surface area contributed by atoms with Gasteiger partial charge in [-0.25, -0.2) is 4.39 Å². The number of halogens is 4. The maximum absolute atomic E-state index is 13.3. The highest BCUT2D eigenvalue weighted by atomic mass is 79.9. The van der Waals surface area contributed by atoms with Crippen LogP contribution in [0.15, 0.2) is 45.3 Å². The van der Waals surface area contributed by atoms with Gasteiger partial charge in [0.2, 0.25) is 0 Å². The van der Waals surface area contributed by atoms with E-state index in [4.69, 9.17) is 17.3 Å². The summed E-state index contributed by atoms with van der Waals surface area (Å²) in [7, 11) is 0. The normalized spacial score (nSPS) is 12.5. The van der Waals surface area contributed by atoms with E-state index < -0.39 is 0 Å².